The number of carbonyl (C=O) groups excluding carboxylic acids is 3. The molecule has 2 N–H and O–H groups in total. The number of ether oxygens (including phenoxy) is 1. The van der Waals surface area contributed by atoms with Crippen LogP contribution in [0, 0.1) is 0 Å². The van der Waals surface area contributed by atoms with Gasteiger partial charge in [-0.15, -0.1) is 0 Å². The van der Waals surface area contributed by atoms with Crippen molar-refractivity contribution in [3.63, 3.8) is 0 Å². The third kappa shape index (κ3) is 6.55. The van der Waals surface area contributed by atoms with Gasteiger partial charge in [-0.2, -0.15) is 0 Å². The summed E-state index contributed by atoms with van der Waals surface area (Å²) in [7, 11) is 0. The molecule has 9 heteroatoms. The summed E-state index contributed by atoms with van der Waals surface area (Å²) >= 11 is 5.92. The zero-order chi connectivity index (χ0) is 22.9. The zero-order valence-electron chi connectivity index (χ0n) is 17.1. The van der Waals surface area contributed by atoms with Gasteiger partial charge in [-0.25, -0.2) is 4.79 Å². The molecule has 1 aromatic heterocycles. The Labute approximate surface area is 189 Å². The Morgan fingerprint density at radius 3 is 2.56 bits per heavy atom. The fourth-order valence-electron chi connectivity index (χ4n) is 2.59. The molecule has 0 spiro atoms. The average molecular weight is 454 g/mol. The van der Waals surface area contributed by atoms with Crippen LogP contribution in [0.15, 0.2) is 70.1 Å². The molecule has 2 amide bonds. The zero-order valence-corrected chi connectivity index (χ0v) is 17.9. The summed E-state index contributed by atoms with van der Waals surface area (Å²) in [6.07, 6.45) is 1.53. The number of hydrogen-bond acceptors (Lipinski definition) is 6. The van der Waals surface area contributed by atoms with E-state index in [1.165, 1.54) is 30.5 Å². The maximum Gasteiger partial charge on any atom is 0.338 e. The molecule has 3 rings (SSSR count). The number of halogens is 1. The van der Waals surface area contributed by atoms with Crippen molar-refractivity contribution in [3.8, 4) is 0 Å². The van der Waals surface area contributed by atoms with E-state index in [1.807, 2.05) is 0 Å². The molecule has 0 unspecified atom stereocenters. The maximum atomic E-state index is 12.1. The average Bonchev–Trinajstić information content (AvgIpc) is 3.24. The topological polar surface area (TPSA) is 110 Å². The lowest BCUT2D eigenvalue weighted by Crippen LogP contribution is -2.34. The van der Waals surface area contributed by atoms with Gasteiger partial charge in [0.2, 0.25) is 0 Å². The second-order valence-electron chi connectivity index (χ2n) is 6.48. The van der Waals surface area contributed by atoms with Crippen LogP contribution in [0.2, 0.25) is 5.02 Å². The highest BCUT2D eigenvalue weighted by Crippen LogP contribution is 2.18. The summed E-state index contributed by atoms with van der Waals surface area (Å²) in [6, 6.07) is 16.4. The number of aliphatic imine (C=N–C) groups is 1. The Kier molecular flexibility index (Phi) is 7.77. The molecule has 0 aliphatic carbocycles. The van der Waals surface area contributed by atoms with Crippen molar-refractivity contribution in [1.29, 1.82) is 0 Å². The molecule has 2 aromatic carbocycles. The van der Waals surface area contributed by atoms with E-state index < -0.39 is 17.8 Å². The van der Waals surface area contributed by atoms with E-state index in [2.05, 4.69) is 15.6 Å². The minimum Gasteiger partial charge on any atom is -0.462 e. The van der Waals surface area contributed by atoms with Crippen molar-refractivity contribution in [2.24, 2.45) is 4.99 Å². The summed E-state index contributed by atoms with van der Waals surface area (Å²) < 4.78 is 10.5. The third-order valence-electron chi connectivity index (χ3n) is 4.11. The van der Waals surface area contributed by atoms with Crippen LogP contribution < -0.4 is 10.6 Å². The molecule has 3 aromatic rings. The van der Waals surface area contributed by atoms with E-state index in [4.69, 9.17) is 20.8 Å². The number of nitrogens with one attached hydrogen (secondary N) is 2. The lowest BCUT2D eigenvalue weighted by molar-refractivity contribution is -0.136. The number of rotatable bonds is 7. The van der Waals surface area contributed by atoms with Crippen molar-refractivity contribution in [2.75, 3.05) is 11.9 Å². The van der Waals surface area contributed by atoms with Gasteiger partial charge < -0.3 is 19.8 Å². The van der Waals surface area contributed by atoms with Gasteiger partial charge in [0.1, 0.15) is 11.5 Å². The Morgan fingerprint density at radius 2 is 1.84 bits per heavy atom. The number of carbonyl (C=O) groups is 3. The predicted molar refractivity (Wildman–Crippen MR) is 120 cm³/mol. The van der Waals surface area contributed by atoms with Crippen LogP contribution in [0.1, 0.15) is 28.8 Å². The van der Waals surface area contributed by atoms with Crippen molar-refractivity contribution in [3.05, 3.63) is 82.8 Å². The molecule has 0 saturated carbocycles. The first-order valence-electron chi connectivity index (χ1n) is 9.69. The number of amides is 2. The second-order valence-corrected chi connectivity index (χ2v) is 6.91. The largest absolute Gasteiger partial charge is 0.462 e. The van der Waals surface area contributed by atoms with Crippen molar-refractivity contribution in [2.45, 2.75) is 13.5 Å². The summed E-state index contributed by atoms with van der Waals surface area (Å²) in [5.74, 6) is -1.19. The normalized spacial score (nSPS) is 10.7. The Balaban J connectivity index is 1.49. The highest BCUT2D eigenvalue weighted by molar-refractivity contribution is 6.39. The van der Waals surface area contributed by atoms with Crippen LogP contribution in [0.5, 0.6) is 0 Å². The summed E-state index contributed by atoms with van der Waals surface area (Å²) in [5.41, 5.74) is 1.40. The molecule has 8 nitrogen and oxygen atoms in total. The second kappa shape index (κ2) is 10.9. The first-order chi connectivity index (χ1) is 15.4. The minimum absolute atomic E-state index is 0.0268. The molecule has 0 saturated heterocycles. The van der Waals surface area contributed by atoms with Crippen LogP contribution in [0.25, 0.3) is 0 Å². The molecule has 0 fully saturated rings. The summed E-state index contributed by atoms with van der Waals surface area (Å²) in [6.45, 7) is 2.01. The van der Waals surface area contributed by atoms with Gasteiger partial charge in [0, 0.05) is 10.7 Å². The van der Waals surface area contributed by atoms with Gasteiger partial charge in [0.15, 0.2) is 0 Å². The van der Waals surface area contributed by atoms with Crippen molar-refractivity contribution < 1.29 is 23.5 Å². The number of nitrogens with zero attached hydrogens (tertiary/aromatic N) is 1. The fraction of sp³-hybridized carbons (Fsp3) is 0.130. The molecule has 1 heterocycles. The number of anilines is 1. The molecular formula is C23H20ClN3O5. The number of furan rings is 1. The van der Waals surface area contributed by atoms with E-state index >= 15 is 0 Å². The molecule has 0 aliphatic heterocycles. The first kappa shape index (κ1) is 22.8. The van der Waals surface area contributed by atoms with E-state index in [1.54, 1.807) is 43.3 Å². The highest BCUT2D eigenvalue weighted by atomic mass is 35.5. The van der Waals surface area contributed by atoms with Gasteiger partial charge in [0.25, 0.3) is 0 Å². The van der Waals surface area contributed by atoms with Crippen LogP contribution in [-0.2, 0) is 20.9 Å². The lowest BCUT2D eigenvalue weighted by Gasteiger charge is -2.06. The maximum absolute atomic E-state index is 12.1. The Morgan fingerprint density at radius 1 is 1.06 bits per heavy atom. The SMILES string of the molecule is CCOC(=O)c1ccc(NC(=O)C(=O)NCc2ccc(C=Nc3cccc(Cl)c3)o2)cc1. The monoisotopic (exact) mass is 453 g/mol. The lowest BCUT2D eigenvalue weighted by atomic mass is 10.2. The standard InChI is InChI=1S/C23H20ClN3O5/c1-2-31-23(30)15-6-8-17(9-7-15)27-22(29)21(28)26-14-20-11-10-19(32-20)13-25-18-5-3-4-16(24)12-18/h3-13H,2,14H2,1H3,(H,26,28)(H,27,29). The molecule has 0 aliphatic rings. The van der Waals surface area contributed by atoms with E-state index in [0.717, 1.165) is 0 Å². The van der Waals surface area contributed by atoms with Gasteiger partial charge in [-0.1, -0.05) is 17.7 Å². The molecule has 32 heavy (non-hydrogen) atoms. The Bertz CT molecular complexity index is 1140. The van der Waals surface area contributed by atoms with Crippen LogP contribution in [-0.4, -0.2) is 30.6 Å². The molecule has 0 radical (unpaired) electrons. The number of benzene rings is 2. The van der Waals surface area contributed by atoms with Crippen molar-refractivity contribution >= 4 is 47.0 Å². The predicted octanol–water partition coefficient (Wildman–Crippen LogP) is 4.12. The van der Waals surface area contributed by atoms with E-state index in [0.29, 0.717) is 33.5 Å². The Hall–Kier alpha value is -3.91. The molecule has 164 valence electrons. The minimum atomic E-state index is -0.844. The smallest absolute Gasteiger partial charge is 0.338 e. The molecule has 0 bridgehead atoms. The van der Waals surface area contributed by atoms with Crippen LogP contribution in [0.3, 0.4) is 0 Å². The summed E-state index contributed by atoms with van der Waals surface area (Å²) in [5, 5.41) is 5.52. The summed E-state index contributed by atoms with van der Waals surface area (Å²) in [4.78, 5) is 40.0. The number of esters is 1. The van der Waals surface area contributed by atoms with Gasteiger partial charge in [-0.3, -0.25) is 14.6 Å². The first-order valence-corrected chi connectivity index (χ1v) is 10.1. The fourth-order valence-corrected chi connectivity index (χ4v) is 2.78. The molecular weight excluding hydrogens is 434 g/mol. The number of hydrogen-bond donors (Lipinski definition) is 2. The van der Waals surface area contributed by atoms with Crippen LogP contribution in [0.4, 0.5) is 11.4 Å². The quantitative estimate of drug-likeness (QED) is 0.317. The third-order valence-corrected chi connectivity index (χ3v) is 4.35. The van der Waals surface area contributed by atoms with Crippen LogP contribution >= 0.6 is 11.6 Å². The van der Waals surface area contributed by atoms with Gasteiger partial charge in [-0.05, 0) is 61.5 Å². The highest BCUT2D eigenvalue weighted by Gasteiger charge is 2.15. The van der Waals surface area contributed by atoms with Gasteiger partial charge in [0.05, 0.1) is 30.6 Å². The van der Waals surface area contributed by atoms with E-state index in [9.17, 15) is 14.4 Å². The van der Waals surface area contributed by atoms with E-state index in [-0.39, 0.29) is 13.2 Å². The molecule has 0 atom stereocenters. The van der Waals surface area contributed by atoms with Gasteiger partial charge >= 0.3 is 17.8 Å². The van der Waals surface area contributed by atoms with Crippen molar-refractivity contribution in [1.82, 2.24) is 5.32 Å².